The lowest BCUT2D eigenvalue weighted by Crippen LogP contribution is -2.40. The summed E-state index contributed by atoms with van der Waals surface area (Å²) in [7, 11) is 0. The minimum absolute atomic E-state index is 0.195. The highest BCUT2D eigenvalue weighted by Crippen LogP contribution is 2.45. The Morgan fingerprint density at radius 2 is 1.44 bits per heavy atom. The van der Waals surface area contributed by atoms with Gasteiger partial charge in [0, 0.05) is 11.8 Å². The number of carbonyl (C=O) groups is 2. The van der Waals surface area contributed by atoms with Crippen molar-refractivity contribution in [1.29, 1.82) is 0 Å². The number of pyridine rings is 1. The molecule has 2 aromatic carbocycles. The molecule has 160 valence electrons. The van der Waals surface area contributed by atoms with E-state index in [-0.39, 0.29) is 22.4 Å². The molecule has 0 amide bonds. The summed E-state index contributed by atoms with van der Waals surface area (Å²) in [5.41, 5.74) is -1.96. The molecule has 1 unspecified atom stereocenters. The van der Waals surface area contributed by atoms with Crippen LogP contribution < -0.4 is 4.90 Å². The average Bonchev–Trinajstić information content (AvgIpc) is 2.80. The predicted molar refractivity (Wildman–Crippen MR) is 114 cm³/mol. The first-order valence-corrected chi connectivity index (χ1v) is 9.52. The zero-order chi connectivity index (χ0) is 22.8. The summed E-state index contributed by atoms with van der Waals surface area (Å²) in [6.07, 6.45) is -1.13. The first-order valence-electron chi connectivity index (χ1n) is 9.52. The van der Waals surface area contributed by atoms with E-state index in [0.29, 0.717) is 4.90 Å². The Morgan fingerprint density at radius 1 is 0.844 bits per heavy atom. The second-order valence-electron chi connectivity index (χ2n) is 6.87. The number of aromatic nitrogens is 1. The molecule has 1 aliphatic heterocycles. The quantitative estimate of drug-likeness (QED) is 0.562. The molecule has 8 heteroatoms. The molecule has 0 bridgehead atoms. The molecular weight excluding hydrogens is 418 g/mol. The maximum Gasteiger partial charge on any atom is 0.356 e. The van der Waals surface area contributed by atoms with E-state index in [2.05, 4.69) is 4.98 Å². The van der Waals surface area contributed by atoms with Crippen molar-refractivity contribution in [3.05, 3.63) is 107 Å². The lowest BCUT2D eigenvalue weighted by atomic mass is 9.90. The van der Waals surface area contributed by atoms with E-state index >= 15 is 8.78 Å². The van der Waals surface area contributed by atoms with Crippen LogP contribution in [0.2, 0.25) is 0 Å². The fraction of sp³-hybridized carbons (Fsp3) is 0.0417. The summed E-state index contributed by atoms with van der Waals surface area (Å²) in [5.74, 6) is -4.13. The van der Waals surface area contributed by atoms with E-state index in [1.54, 1.807) is 36.4 Å². The van der Waals surface area contributed by atoms with Crippen LogP contribution in [0.1, 0.15) is 21.6 Å². The molecule has 1 atom stereocenters. The minimum Gasteiger partial charge on any atom is -0.477 e. The third-order valence-corrected chi connectivity index (χ3v) is 5.00. The maximum atomic E-state index is 16.0. The van der Waals surface area contributed by atoms with Crippen LogP contribution >= 0.6 is 0 Å². The molecule has 4 rings (SSSR count). The van der Waals surface area contributed by atoms with Gasteiger partial charge < -0.3 is 10.2 Å². The number of anilines is 1. The standard InChI is InChI=1S/C24H16F2N2O4/c25-19-17(14-8-3-1-4-9-14)21(24(31)32)28(16-12-7-13-27-20(16)23(29)30)22(26)18(19)15-10-5-2-6-11-15/h1-13,22H,(H,29,30)(H,31,32). The largest absolute Gasteiger partial charge is 0.477 e. The van der Waals surface area contributed by atoms with Crippen molar-refractivity contribution in [1.82, 2.24) is 4.98 Å². The second kappa shape index (κ2) is 8.43. The van der Waals surface area contributed by atoms with Crippen LogP contribution in [0.3, 0.4) is 0 Å². The van der Waals surface area contributed by atoms with E-state index in [1.165, 1.54) is 42.6 Å². The molecule has 0 saturated carbocycles. The maximum absolute atomic E-state index is 16.0. The van der Waals surface area contributed by atoms with Crippen molar-refractivity contribution in [3.8, 4) is 0 Å². The van der Waals surface area contributed by atoms with Gasteiger partial charge in [-0.05, 0) is 23.3 Å². The molecule has 2 N–H and O–H groups in total. The summed E-state index contributed by atoms with van der Waals surface area (Å²) in [5, 5.41) is 19.6. The lowest BCUT2D eigenvalue weighted by molar-refractivity contribution is -0.132. The SMILES string of the molecule is O=C(O)C1=C(c2ccccc2)C(F)=C(c2ccccc2)C(F)N1c1cccnc1C(=O)O. The number of aromatic carboxylic acids is 1. The van der Waals surface area contributed by atoms with Gasteiger partial charge in [-0.3, -0.25) is 4.90 Å². The molecule has 0 spiro atoms. The Kier molecular flexibility index (Phi) is 5.51. The Bertz CT molecular complexity index is 1260. The minimum atomic E-state index is -2.32. The van der Waals surface area contributed by atoms with Crippen LogP contribution in [0, 0.1) is 0 Å². The third kappa shape index (κ3) is 3.51. The van der Waals surface area contributed by atoms with E-state index in [1.807, 2.05) is 0 Å². The van der Waals surface area contributed by atoms with Gasteiger partial charge in [0.25, 0.3) is 0 Å². The predicted octanol–water partition coefficient (Wildman–Crippen LogP) is 4.77. The van der Waals surface area contributed by atoms with Crippen molar-refractivity contribution in [2.45, 2.75) is 6.30 Å². The highest BCUT2D eigenvalue weighted by molar-refractivity contribution is 6.09. The van der Waals surface area contributed by atoms with Crippen molar-refractivity contribution in [2.75, 3.05) is 4.90 Å². The van der Waals surface area contributed by atoms with Crippen LogP contribution in [0.5, 0.6) is 0 Å². The fourth-order valence-corrected chi connectivity index (χ4v) is 3.66. The lowest BCUT2D eigenvalue weighted by Gasteiger charge is -2.36. The van der Waals surface area contributed by atoms with Gasteiger partial charge in [-0.2, -0.15) is 0 Å². The molecule has 1 aliphatic rings. The molecule has 6 nitrogen and oxygen atoms in total. The van der Waals surface area contributed by atoms with Crippen LogP contribution in [0.15, 0.2) is 90.5 Å². The zero-order valence-electron chi connectivity index (χ0n) is 16.4. The number of allylic oxidation sites excluding steroid dienone is 2. The fourth-order valence-electron chi connectivity index (χ4n) is 3.66. The summed E-state index contributed by atoms with van der Waals surface area (Å²) in [6, 6.07) is 18.3. The third-order valence-electron chi connectivity index (χ3n) is 5.00. The molecule has 0 fully saturated rings. The van der Waals surface area contributed by atoms with Crippen molar-refractivity contribution < 1.29 is 28.6 Å². The van der Waals surface area contributed by atoms with Gasteiger partial charge in [-0.1, -0.05) is 60.7 Å². The van der Waals surface area contributed by atoms with E-state index < -0.39 is 41.0 Å². The number of nitrogens with zero attached hydrogens (tertiary/aromatic N) is 2. The average molecular weight is 434 g/mol. The number of halogens is 2. The van der Waals surface area contributed by atoms with Gasteiger partial charge >= 0.3 is 11.9 Å². The van der Waals surface area contributed by atoms with Gasteiger partial charge in [0.2, 0.25) is 6.30 Å². The Labute approximate surface area is 181 Å². The first-order chi connectivity index (χ1) is 15.4. The highest BCUT2D eigenvalue weighted by atomic mass is 19.1. The Hall–Kier alpha value is -4.33. The second-order valence-corrected chi connectivity index (χ2v) is 6.87. The number of alkyl halides is 1. The van der Waals surface area contributed by atoms with Gasteiger partial charge in [-0.25, -0.2) is 23.4 Å². The summed E-state index contributed by atoms with van der Waals surface area (Å²) in [6.45, 7) is 0. The summed E-state index contributed by atoms with van der Waals surface area (Å²) in [4.78, 5) is 28.5. The molecule has 2 heterocycles. The number of benzene rings is 2. The Morgan fingerprint density at radius 3 is 2.00 bits per heavy atom. The van der Waals surface area contributed by atoms with Crippen LogP contribution in [0.25, 0.3) is 11.1 Å². The van der Waals surface area contributed by atoms with Crippen LogP contribution in [-0.2, 0) is 4.79 Å². The molecule has 0 aliphatic carbocycles. The van der Waals surface area contributed by atoms with Gasteiger partial charge in [-0.15, -0.1) is 0 Å². The number of aliphatic carboxylic acids is 1. The summed E-state index contributed by atoms with van der Waals surface area (Å²) >= 11 is 0. The zero-order valence-corrected chi connectivity index (χ0v) is 16.4. The molecule has 32 heavy (non-hydrogen) atoms. The van der Waals surface area contributed by atoms with Gasteiger partial charge in [0.1, 0.15) is 11.5 Å². The van der Waals surface area contributed by atoms with Crippen molar-refractivity contribution in [2.24, 2.45) is 0 Å². The molecular formula is C24H16F2N2O4. The monoisotopic (exact) mass is 434 g/mol. The number of hydrogen-bond acceptors (Lipinski definition) is 4. The molecule has 0 saturated heterocycles. The van der Waals surface area contributed by atoms with E-state index in [0.717, 1.165) is 0 Å². The Balaban J connectivity index is 2.10. The number of hydrogen-bond donors (Lipinski definition) is 2. The van der Waals surface area contributed by atoms with E-state index in [9.17, 15) is 19.8 Å². The van der Waals surface area contributed by atoms with Crippen molar-refractivity contribution >= 4 is 28.8 Å². The molecule has 0 radical (unpaired) electrons. The van der Waals surface area contributed by atoms with Crippen LogP contribution in [0.4, 0.5) is 14.5 Å². The molecule has 3 aromatic rings. The smallest absolute Gasteiger partial charge is 0.356 e. The van der Waals surface area contributed by atoms with E-state index in [4.69, 9.17) is 0 Å². The van der Waals surface area contributed by atoms with Gasteiger partial charge in [0.05, 0.1) is 11.3 Å². The number of carboxylic acids is 2. The topological polar surface area (TPSA) is 90.7 Å². The van der Waals surface area contributed by atoms with Crippen molar-refractivity contribution in [3.63, 3.8) is 0 Å². The first kappa shape index (κ1) is 20.9. The summed E-state index contributed by atoms with van der Waals surface area (Å²) < 4.78 is 31.8. The highest BCUT2D eigenvalue weighted by Gasteiger charge is 2.42. The molecule has 1 aromatic heterocycles. The number of carboxylic acid groups (broad SMARTS) is 2. The number of rotatable bonds is 5. The normalized spacial score (nSPS) is 16.3. The van der Waals surface area contributed by atoms with Gasteiger partial charge in [0.15, 0.2) is 5.69 Å². The van der Waals surface area contributed by atoms with Crippen LogP contribution in [-0.4, -0.2) is 33.4 Å².